The molecule has 1 heterocycles. The van der Waals surface area contributed by atoms with E-state index in [0.29, 0.717) is 0 Å². The number of ether oxygens (including phenoxy) is 1. The van der Waals surface area contributed by atoms with Gasteiger partial charge in [0.05, 0.1) is 12.2 Å². The minimum absolute atomic E-state index is 0.0266. The molecule has 0 aliphatic rings. The number of nitrogens with one attached hydrogen (secondary N) is 1. The first kappa shape index (κ1) is 12.7. The molecule has 1 N–H and O–H groups in total. The van der Waals surface area contributed by atoms with Gasteiger partial charge in [0.1, 0.15) is 0 Å². The second-order valence-corrected chi connectivity index (χ2v) is 6.02. The molecule has 0 spiro atoms. The Hall–Kier alpha value is -0.380. The van der Waals surface area contributed by atoms with Crippen molar-refractivity contribution in [1.82, 2.24) is 5.32 Å². The van der Waals surface area contributed by atoms with E-state index in [-0.39, 0.29) is 5.60 Å². The summed E-state index contributed by atoms with van der Waals surface area (Å²) in [6, 6.07) is 4.34. The normalized spacial score (nSPS) is 12.0. The van der Waals surface area contributed by atoms with Crippen molar-refractivity contribution in [2.24, 2.45) is 0 Å². The Balaban J connectivity index is 2.07. The molecule has 0 aromatic carbocycles. The lowest BCUT2D eigenvalue weighted by molar-refractivity contribution is -0.000868. The molecular formula is C12H21NOS. The lowest BCUT2D eigenvalue weighted by atomic mass is 10.2. The predicted molar refractivity (Wildman–Crippen MR) is 66.5 cm³/mol. The predicted octanol–water partition coefficient (Wildman–Crippen LogP) is 2.96. The number of hydrogen-bond donors (Lipinski definition) is 1. The van der Waals surface area contributed by atoms with Crippen LogP contribution in [0.25, 0.3) is 0 Å². The summed E-state index contributed by atoms with van der Waals surface area (Å²) < 4.78 is 5.61. The van der Waals surface area contributed by atoms with Crippen LogP contribution in [-0.2, 0) is 11.3 Å². The van der Waals surface area contributed by atoms with Crippen LogP contribution < -0.4 is 5.32 Å². The minimum Gasteiger partial charge on any atom is -0.375 e. The highest BCUT2D eigenvalue weighted by atomic mass is 32.1. The van der Waals surface area contributed by atoms with Gasteiger partial charge in [0.15, 0.2) is 0 Å². The van der Waals surface area contributed by atoms with E-state index in [2.05, 4.69) is 45.1 Å². The van der Waals surface area contributed by atoms with Crippen molar-refractivity contribution < 1.29 is 4.74 Å². The van der Waals surface area contributed by atoms with E-state index in [0.717, 1.165) is 19.7 Å². The highest BCUT2D eigenvalue weighted by Crippen LogP contribution is 2.14. The Labute approximate surface area is 96.7 Å². The molecule has 0 aliphatic carbocycles. The third kappa shape index (κ3) is 5.92. The second-order valence-electron chi connectivity index (χ2n) is 4.65. The van der Waals surface area contributed by atoms with Gasteiger partial charge in [0, 0.05) is 22.8 Å². The molecule has 0 aliphatic heterocycles. The van der Waals surface area contributed by atoms with Gasteiger partial charge >= 0.3 is 0 Å². The van der Waals surface area contributed by atoms with E-state index >= 15 is 0 Å². The standard InChI is InChI=1S/C12H21NOS/c1-10-5-6-11(15-10)9-13-7-8-14-12(2,3)4/h5-6,13H,7-9H2,1-4H3. The van der Waals surface area contributed by atoms with Crippen molar-refractivity contribution in [3.8, 4) is 0 Å². The van der Waals surface area contributed by atoms with Crippen molar-refractivity contribution in [2.45, 2.75) is 39.8 Å². The summed E-state index contributed by atoms with van der Waals surface area (Å²) in [6.45, 7) is 11.0. The first-order chi connectivity index (χ1) is 6.97. The minimum atomic E-state index is -0.0266. The van der Waals surface area contributed by atoms with Gasteiger partial charge in [-0.15, -0.1) is 11.3 Å². The number of hydrogen-bond acceptors (Lipinski definition) is 3. The molecule has 3 heteroatoms. The van der Waals surface area contributed by atoms with E-state index in [1.807, 2.05) is 11.3 Å². The molecule has 1 aromatic rings. The van der Waals surface area contributed by atoms with Crippen LogP contribution >= 0.6 is 11.3 Å². The van der Waals surface area contributed by atoms with Crippen molar-refractivity contribution in [2.75, 3.05) is 13.2 Å². The van der Waals surface area contributed by atoms with Gasteiger partial charge in [-0.3, -0.25) is 0 Å². The lowest BCUT2D eigenvalue weighted by Gasteiger charge is -2.19. The molecule has 0 unspecified atom stereocenters. The van der Waals surface area contributed by atoms with Crippen LogP contribution in [0.2, 0.25) is 0 Å². The average Bonchev–Trinajstić information content (AvgIpc) is 2.49. The van der Waals surface area contributed by atoms with Gasteiger partial charge in [-0.25, -0.2) is 0 Å². The monoisotopic (exact) mass is 227 g/mol. The van der Waals surface area contributed by atoms with Crippen LogP contribution in [-0.4, -0.2) is 18.8 Å². The molecule has 0 bridgehead atoms. The van der Waals surface area contributed by atoms with E-state index in [9.17, 15) is 0 Å². The van der Waals surface area contributed by atoms with Gasteiger partial charge in [0.25, 0.3) is 0 Å². The summed E-state index contributed by atoms with van der Waals surface area (Å²) in [5.41, 5.74) is -0.0266. The first-order valence-electron chi connectivity index (χ1n) is 5.37. The summed E-state index contributed by atoms with van der Waals surface area (Å²) in [5, 5.41) is 3.37. The van der Waals surface area contributed by atoms with Crippen LogP contribution in [0.5, 0.6) is 0 Å². The fourth-order valence-electron chi connectivity index (χ4n) is 1.22. The molecule has 2 nitrogen and oxygen atoms in total. The summed E-state index contributed by atoms with van der Waals surface area (Å²) in [5.74, 6) is 0. The second kappa shape index (κ2) is 5.64. The molecule has 0 saturated carbocycles. The van der Waals surface area contributed by atoms with Crippen molar-refractivity contribution in [1.29, 1.82) is 0 Å². The molecular weight excluding hydrogens is 206 g/mol. The molecule has 0 saturated heterocycles. The number of thiophene rings is 1. The summed E-state index contributed by atoms with van der Waals surface area (Å²) in [6.07, 6.45) is 0. The average molecular weight is 227 g/mol. The van der Waals surface area contributed by atoms with Gasteiger partial charge in [0.2, 0.25) is 0 Å². The fourth-order valence-corrected chi connectivity index (χ4v) is 2.08. The molecule has 0 radical (unpaired) electrons. The van der Waals surface area contributed by atoms with Gasteiger partial charge in [-0.1, -0.05) is 0 Å². The Morgan fingerprint density at radius 3 is 2.60 bits per heavy atom. The summed E-state index contributed by atoms with van der Waals surface area (Å²) >= 11 is 1.85. The molecule has 15 heavy (non-hydrogen) atoms. The van der Waals surface area contributed by atoms with Crippen molar-refractivity contribution >= 4 is 11.3 Å². The summed E-state index contributed by atoms with van der Waals surface area (Å²) in [7, 11) is 0. The van der Waals surface area contributed by atoms with Crippen molar-refractivity contribution in [3.05, 3.63) is 21.9 Å². The van der Waals surface area contributed by atoms with E-state index in [1.165, 1.54) is 9.75 Å². The lowest BCUT2D eigenvalue weighted by Crippen LogP contribution is -2.26. The zero-order valence-corrected chi connectivity index (χ0v) is 10.9. The van der Waals surface area contributed by atoms with E-state index < -0.39 is 0 Å². The Morgan fingerprint density at radius 1 is 1.33 bits per heavy atom. The van der Waals surface area contributed by atoms with E-state index in [4.69, 9.17) is 4.74 Å². The smallest absolute Gasteiger partial charge is 0.0599 e. The van der Waals surface area contributed by atoms with Gasteiger partial charge < -0.3 is 10.1 Å². The van der Waals surface area contributed by atoms with Gasteiger partial charge in [-0.2, -0.15) is 0 Å². The van der Waals surface area contributed by atoms with Crippen LogP contribution in [0.15, 0.2) is 12.1 Å². The fraction of sp³-hybridized carbons (Fsp3) is 0.667. The zero-order valence-electron chi connectivity index (χ0n) is 10.1. The largest absolute Gasteiger partial charge is 0.375 e. The quantitative estimate of drug-likeness (QED) is 0.781. The maximum atomic E-state index is 5.61. The molecule has 0 fully saturated rings. The SMILES string of the molecule is Cc1ccc(CNCCOC(C)(C)C)s1. The maximum Gasteiger partial charge on any atom is 0.0599 e. The Kier molecular flexibility index (Phi) is 4.77. The van der Waals surface area contributed by atoms with Crippen molar-refractivity contribution in [3.63, 3.8) is 0 Å². The molecule has 0 atom stereocenters. The summed E-state index contributed by atoms with van der Waals surface area (Å²) in [4.78, 5) is 2.76. The molecule has 1 aromatic heterocycles. The first-order valence-corrected chi connectivity index (χ1v) is 6.19. The third-order valence-corrected chi connectivity index (χ3v) is 2.91. The molecule has 0 amide bonds. The number of rotatable bonds is 5. The Bertz CT molecular complexity index is 288. The zero-order chi connectivity index (χ0) is 11.3. The molecule has 1 rings (SSSR count). The topological polar surface area (TPSA) is 21.3 Å². The number of aryl methyl sites for hydroxylation is 1. The maximum absolute atomic E-state index is 5.61. The Morgan fingerprint density at radius 2 is 2.07 bits per heavy atom. The van der Waals surface area contributed by atoms with E-state index in [1.54, 1.807) is 0 Å². The van der Waals surface area contributed by atoms with Crippen LogP contribution in [0.4, 0.5) is 0 Å². The van der Waals surface area contributed by atoms with Crippen LogP contribution in [0.3, 0.4) is 0 Å². The third-order valence-electron chi connectivity index (χ3n) is 1.91. The van der Waals surface area contributed by atoms with Gasteiger partial charge in [-0.05, 0) is 39.8 Å². The highest BCUT2D eigenvalue weighted by molar-refractivity contribution is 7.11. The highest BCUT2D eigenvalue weighted by Gasteiger charge is 2.08. The van der Waals surface area contributed by atoms with Crippen LogP contribution in [0.1, 0.15) is 30.5 Å². The molecule has 86 valence electrons. The van der Waals surface area contributed by atoms with Crippen LogP contribution in [0, 0.1) is 6.92 Å².